The van der Waals surface area contributed by atoms with Crippen molar-refractivity contribution >= 4 is 50.0 Å². The molecule has 25 heavy (non-hydrogen) atoms. The Labute approximate surface area is 157 Å². The predicted molar refractivity (Wildman–Crippen MR) is 104 cm³/mol. The summed E-state index contributed by atoms with van der Waals surface area (Å²) in [5.74, 6) is -0.427. The van der Waals surface area contributed by atoms with Crippen LogP contribution in [0.2, 0.25) is 5.02 Å². The number of nitrogens with zero attached hydrogens (tertiary/aromatic N) is 1. The van der Waals surface area contributed by atoms with Gasteiger partial charge in [-0.25, -0.2) is 0 Å². The molecular formula is C19H14BrClN2O2. The van der Waals surface area contributed by atoms with Crippen molar-refractivity contribution in [2.75, 3.05) is 5.32 Å². The van der Waals surface area contributed by atoms with Crippen molar-refractivity contribution in [3.05, 3.63) is 72.9 Å². The van der Waals surface area contributed by atoms with Gasteiger partial charge >= 0.3 is 0 Å². The molecule has 1 aromatic heterocycles. The van der Waals surface area contributed by atoms with Crippen LogP contribution >= 0.6 is 27.5 Å². The summed E-state index contributed by atoms with van der Waals surface area (Å²) in [4.78, 5) is 25.5. The van der Waals surface area contributed by atoms with Crippen molar-refractivity contribution in [3.8, 4) is 0 Å². The van der Waals surface area contributed by atoms with Crippen LogP contribution in [0.15, 0.2) is 45.8 Å². The van der Waals surface area contributed by atoms with Crippen LogP contribution in [0.4, 0.5) is 5.69 Å². The molecule has 1 amide bonds. The number of pyridine rings is 1. The van der Waals surface area contributed by atoms with Gasteiger partial charge in [0.2, 0.25) is 5.43 Å². The summed E-state index contributed by atoms with van der Waals surface area (Å²) >= 11 is 9.55. The minimum atomic E-state index is -0.427. The second kappa shape index (κ2) is 6.00. The van der Waals surface area contributed by atoms with Crippen LogP contribution in [0.3, 0.4) is 0 Å². The molecule has 4 rings (SSSR count). The quantitative estimate of drug-likeness (QED) is 0.666. The van der Waals surface area contributed by atoms with E-state index in [1.54, 1.807) is 24.4 Å². The van der Waals surface area contributed by atoms with E-state index in [0.29, 0.717) is 16.1 Å². The number of halogens is 2. The lowest BCUT2D eigenvalue weighted by atomic mass is 10.1. The fraction of sp³-hybridized carbons (Fsp3) is 0.158. The number of carbonyl (C=O) groups is 1. The summed E-state index contributed by atoms with van der Waals surface area (Å²) in [6, 6.07) is 9.09. The molecule has 0 radical (unpaired) electrons. The highest BCUT2D eigenvalue weighted by Gasteiger charge is 2.21. The van der Waals surface area contributed by atoms with E-state index in [0.717, 1.165) is 34.1 Å². The first-order valence-corrected chi connectivity index (χ1v) is 9.04. The van der Waals surface area contributed by atoms with Crippen molar-refractivity contribution in [1.82, 2.24) is 4.57 Å². The second-order valence-electron chi connectivity index (χ2n) is 6.19. The largest absolute Gasteiger partial charge is 0.346 e. The molecule has 0 saturated heterocycles. The van der Waals surface area contributed by atoms with Gasteiger partial charge in [-0.1, -0.05) is 33.6 Å². The summed E-state index contributed by atoms with van der Waals surface area (Å²) in [7, 11) is 0. The molecule has 126 valence electrons. The Kier molecular flexibility index (Phi) is 3.93. The molecule has 6 heteroatoms. The van der Waals surface area contributed by atoms with Crippen LogP contribution in [-0.2, 0) is 13.0 Å². The lowest BCUT2D eigenvalue weighted by Crippen LogP contribution is -2.23. The molecule has 3 aromatic rings. The Morgan fingerprint density at radius 2 is 2.08 bits per heavy atom. The molecule has 0 fully saturated rings. The van der Waals surface area contributed by atoms with Crippen LogP contribution in [0.1, 0.15) is 21.5 Å². The summed E-state index contributed by atoms with van der Waals surface area (Å²) in [6.45, 7) is 2.65. The van der Waals surface area contributed by atoms with Gasteiger partial charge in [0.05, 0.1) is 5.52 Å². The number of carbonyl (C=O) groups excluding carboxylic acids is 1. The highest BCUT2D eigenvalue weighted by molar-refractivity contribution is 9.10. The van der Waals surface area contributed by atoms with E-state index < -0.39 is 5.91 Å². The molecule has 0 saturated carbocycles. The number of hydrogen-bond acceptors (Lipinski definition) is 2. The summed E-state index contributed by atoms with van der Waals surface area (Å²) in [5, 5.41) is 3.90. The van der Waals surface area contributed by atoms with E-state index in [9.17, 15) is 9.59 Å². The summed E-state index contributed by atoms with van der Waals surface area (Å²) in [5.41, 5.74) is 3.41. The molecule has 1 aliphatic rings. The lowest BCUT2D eigenvalue weighted by molar-refractivity contribution is 0.102. The molecule has 1 N–H and O–H groups in total. The first-order chi connectivity index (χ1) is 11.9. The summed E-state index contributed by atoms with van der Waals surface area (Å²) < 4.78 is 2.83. The molecule has 0 unspecified atom stereocenters. The monoisotopic (exact) mass is 416 g/mol. The molecule has 1 aliphatic heterocycles. The number of rotatable bonds is 2. The zero-order valence-corrected chi connectivity index (χ0v) is 15.7. The minimum Gasteiger partial charge on any atom is -0.346 e. The van der Waals surface area contributed by atoms with Crippen LogP contribution in [0, 0.1) is 6.92 Å². The molecule has 0 spiro atoms. The van der Waals surface area contributed by atoms with Crippen LogP contribution < -0.4 is 10.7 Å². The van der Waals surface area contributed by atoms with Crippen molar-refractivity contribution in [3.63, 3.8) is 0 Å². The predicted octanol–water partition coefficient (Wildman–Crippen LogP) is 4.53. The van der Waals surface area contributed by atoms with Crippen LogP contribution in [0.5, 0.6) is 0 Å². The fourth-order valence-electron chi connectivity index (χ4n) is 3.23. The number of aromatic nitrogens is 1. The van der Waals surface area contributed by atoms with Crippen molar-refractivity contribution in [1.29, 1.82) is 0 Å². The van der Waals surface area contributed by atoms with E-state index in [4.69, 9.17) is 11.6 Å². The third-order valence-corrected chi connectivity index (χ3v) is 5.38. The zero-order valence-electron chi connectivity index (χ0n) is 13.4. The van der Waals surface area contributed by atoms with Crippen molar-refractivity contribution < 1.29 is 4.79 Å². The smallest absolute Gasteiger partial charge is 0.261 e. The molecule has 2 heterocycles. The van der Waals surface area contributed by atoms with E-state index in [2.05, 4.69) is 21.2 Å². The first-order valence-electron chi connectivity index (χ1n) is 7.87. The highest BCUT2D eigenvalue weighted by atomic mass is 79.9. The Hall–Kier alpha value is -2.11. The number of hydrogen-bond donors (Lipinski definition) is 1. The maximum atomic E-state index is 12.8. The number of amides is 1. The van der Waals surface area contributed by atoms with Gasteiger partial charge in [-0.05, 0) is 48.7 Å². The molecule has 0 bridgehead atoms. The van der Waals surface area contributed by atoms with E-state index in [1.807, 2.05) is 23.6 Å². The van der Waals surface area contributed by atoms with E-state index in [1.165, 1.54) is 0 Å². The molecular weight excluding hydrogens is 404 g/mol. The van der Waals surface area contributed by atoms with Gasteiger partial charge in [0.25, 0.3) is 5.91 Å². The maximum absolute atomic E-state index is 12.8. The SMILES string of the molecule is Cc1ccc(NC(=O)c2cn3c4c(cc(Br)cc4c2=O)CC3)cc1Cl. The average Bonchev–Trinajstić information content (AvgIpc) is 2.97. The Morgan fingerprint density at radius 1 is 1.28 bits per heavy atom. The normalized spacial score (nSPS) is 12.6. The van der Waals surface area contributed by atoms with Gasteiger partial charge in [0.15, 0.2) is 0 Å². The number of aryl methyl sites for hydroxylation is 3. The van der Waals surface area contributed by atoms with Gasteiger partial charge in [-0.15, -0.1) is 0 Å². The minimum absolute atomic E-state index is 0.134. The van der Waals surface area contributed by atoms with E-state index in [-0.39, 0.29) is 11.0 Å². The van der Waals surface area contributed by atoms with Crippen LogP contribution in [0.25, 0.3) is 10.9 Å². The van der Waals surface area contributed by atoms with Gasteiger partial charge in [-0.3, -0.25) is 9.59 Å². The molecule has 0 atom stereocenters. The van der Waals surface area contributed by atoms with Crippen LogP contribution in [-0.4, -0.2) is 10.5 Å². The van der Waals surface area contributed by atoms with Gasteiger partial charge < -0.3 is 9.88 Å². The van der Waals surface area contributed by atoms with Crippen molar-refractivity contribution in [2.45, 2.75) is 19.9 Å². The maximum Gasteiger partial charge on any atom is 0.261 e. The fourth-order valence-corrected chi connectivity index (χ4v) is 3.92. The Balaban J connectivity index is 1.80. The number of anilines is 1. The number of nitrogens with one attached hydrogen (secondary N) is 1. The lowest BCUT2D eigenvalue weighted by Gasteiger charge is -2.10. The standard InChI is InChI=1S/C19H14BrClN2O2/c1-10-2-3-13(8-16(10)21)22-19(25)15-9-23-5-4-11-6-12(20)7-14(17(11)23)18(15)24/h2-3,6-9H,4-5H2,1H3,(H,22,25). The first kappa shape index (κ1) is 16.4. The summed E-state index contributed by atoms with van der Waals surface area (Å²) in [6.07, 6.45) is 2.51. The zero-order chi connectivity index (χ0) is 17.7. The molecule has 2 aromatic carbocycles. The van der Waals surface area contributed by atoms with Crippen molar-refractivity contribution in [2.24, 2.45) is 0 Å². The van der Waals surface area contributed by atoms with Gasteiger partial charge in [-0.2, -0.15) is 0 Å². The number of benzene rings is 2. The molecule has 0 aliphatic carbocycles. The van der Waals surface area contributed by atoms with E-state index >= 15 is 0 Å². The Morgan fingerprint density at radius 3 is 2.84 bits per heavy atom. The second-order valence-corrected chi connectivity index (χ2v) is 7.52. The Bertz CT molecular complexity index is 1100. The van der Waals surface area contributed by atoms with Gasteiger partial charge in [0.1, 0.15) is 5.56 Å². The third-order valence-electron chi connectivity index (χ3n) is 4.51. The topological polar surface area (TPSA) is 51.1 Å². The van der Waals surface area contributed by atoms with Gasteiger partial charge in [0, 0.05) is 33.3 Å². The highest BCUT2D eigenvalue weighted by Crippen LogP contribution is 2.28. The third kappa shape index (κ3) is 2.77. The molecule has 4 nitrogen and oxygen atoms in total. The average molecular weight is 418 g/mol.